The number of rotatable bonds is 4. The number of nitrogens with one attached hydrogen (secondary N) is 1. The quantitative estimate of drug-likeness (QED) is 0.685. The van der Waals surface area contributed by atoms with E-state index >= 15 is 0 Å². The lowest BCUT2D eigenvalue weighted by Gasteiger charge is -2.16. The Morgan fingerprint density at radius 3 is 2.95 bits per heavy atom. The Morgan fingerprint density at radius 2 is 2.19 bits per heavy atom. The van der Waals surface area contributed by atoms with E-state index in [9.17, 15) is 4.79 Å². The molecule has 1 aliphatic carbocycles. The molecule has 0 aromatic heterocycles. The van der Waals surface area contributed by atoms with Gasteiger partial charge in [0.1, 0.15) is 12.4 Å². The third kappa shape index (κ3) is 5.17. The molecule has 3 nitrogen and oxygen atoms in total. The molecule has 1 aromatic carbocycles. The minimum atomic E-state index is 0.0840. The third-order valence-corrected chi connectivity index (χ3v) is 3.56. The van der Waals surface area contributed by atoms with Gasteiger partial charge in [0, 0.05) is 5.92 Å². The minimum absolute atomic E-state index is 0.0840. The van der Waals surface area contributed by atoms with Gasteiger partial charge in [0.2, 0.25) is 5.91 Å². The number of allylic oxidation sites excluding steroid dienone is 2. The summed E-state index contributed by atoms with van der Waals surface area (Å²) < 4.78 is 5.43. The van der Waals surface area contributed by atoms with Gasteiger partial charge >= 0.3 is 0 Å². The molecule has 4 heteroatoms. The molecule has 0 radical (unpaired) electrons. The highest BCUT2D eigenvalue weighted by Crippen LogP contribution is 2.22. The van der Waals surface area contributed by atoms with Crippen molar-refractivity contribution in [3.05, 3.63) is 41.4 Å². The number of hydrogen-bond acceptors (Lipinski definition) is 2. The minimum Gasteiger partial charge on any atom is -0.479 e. The number of carbonyl (C=O) groups excluding carboxylic acids is 1. The Bertz CT molecular complexity index is 572. The summed E-state index contributed by atoms with van der Waals surface area (Å²) in [6.45, 7) is 0.608. The van der Waals surface area contributed by atoms with E-state index in [1.54, 1.807) is 12.1 Å². The second kappa shape index (κ2) is 8.39. The van der Waals surface area contributed by atoms with Crippen molar-refractivity contribution in [2.75, 3.05) is 13.2 Å². The van der Waals surface area contributed by atoms with Gasteiger partial charge in [-0.2, -0.15) is 0 Å². The number of benzene rings is 1. The smallest absolute Gasteiger partial charge is 0.224 e. The van der Waals surface area contributed by atoms with E-state index in [4.69, 9.17) is 16.3 Å². The molecule has 0 saturated carbocycles. The topological polar surface area (TPSA) is 38.3 Å². The van der Waals surface area contributed by atoms with Crippen molar-refractivity contribution >= 4 is 17.5 Å². The summed E-state index contributed by atoms with van der Waals surface area (Å²) in [6.07, 6.45) is 6.92. The standard InChI is InChI=1S/C17H18ClNO2/c18-15-10-4-5-11-16(15)21-13-7-6-12-19-17(20)14-8-2-1-3-9-14/h1-2,4-5,10-11,14H,3,8-9,12-13H2,(H,19,20). The first-order chi connectivity index (χ1) is 10.3. The van der Waals surface area contributed by atoms with Crippen LogP contribution in [0.2, 0.25) is 5.02 Å². The summed E-state index contributed by atoms with van der Waals surface area (Å²) in [5.41, 5.74) is 0. The van der Waals surface area contributed by atoms with Crippen molar-refractivity contribution in [3.8, 4) is 17.6 Å². The van der Waals surface area contributed by atoms with Crippen LogP contribution in [0.5, 0.6) is 5.75 Å². The molecule has 2 rings (SSSR count). The van der Waals surface area contributed by atoms with Crippen molar-refractivity contribution in [1.82, 2.24) is 5.32 Å². The van der Waals surface area contributed by atoms with E-state index in [-0.39, 0.29) is 18.4 Å². The molecule has 1 atom stereocenters. The van der Waals surface area contributed by atoms with Gasteiger partial charge < -0.3 is 10.1 Å². The van der Waals surface area contributed by atoms with Crippen LogP contribution in [0.4, 0.5) is 0 Å². The molecule has 1 aliphatic rings. The zero-order valence-corrected chi connectivity index (χ0v) is 12.5. The molecule has 0 fully saturated rings. The highest BCUT2D eigenvalue weighted by Gasteiger charge is 2.17. The van der Waals surface area contributed by atoms with Gasteiger partial charge in [-0.05, 0) is 31.4 Å². The summed E-state index contributed by atoms with van der Waals surface area (Å²) >= 11 is 5.96. The normalized spacial score (nSPS) is 16.7. The van der Waals surface area contributed by atoms with E-state index in [0.29, 0.717) is 17.3 Å². The number of para-hydroxylation sites is 1. The Kier molecular flexibility index (Phi) is 6.18. The lowest BCUT2D eigenvalue weighted by Crippen LogP contribution is -2.31. The van der Waals surface area contributed by atoms with Gasteiger partial charge in [0.15, 0.2) is 0 Å². The number of amides is 1. The molecule has 0 aliphatic heterocycles. The second-order valence-corrected chi connectivity index (χ2v) is 5.18. The average Bonchev–Trinajstić information content (AvgIpc) is 2.53. The molecule has 1 N–H and O–H groups in total. The summed E-state index contributed by atoms with van der Waals surface area (Å²) in [4.78, 5) is 11.8. The molecule has 0 saturated heterocycles. The first kappa shape index (κ1) is 15.5. The Hall–Kier alpha value is -1.92. The fourth-order valence-electron chi connectivity index (χ4n) is 2.10. The predicted molar refractivity (Wildman–Crippen MR) is 84.2 cm³/mol. The summed E-state index contributed by atoms with van der Waals surface area (Å²) in [5, 5.41) is 3.40. The number of carbonyl (C=O) groups is 1. The lowest BCUT2D eigenvalue weighted by molar-refractivity contribution is -0.124. The molecule has 110 valence electrons. The van der Waals surface area contributed by atoms with Crippen LogP contribution < -0.4 is 10.1 Å². The van der Waals surface area contributed by atoms with Gasteiger partial charge in [-0.25, -0.2) is 0 Å². The van der Waals surface area contributed by atoms with Crippen LogP contribution >= 0.6 is 11.6 Å². The van der Waals surface area contributed by atoms with Gasteiger partial charge in [0.25, 0.3) is 0 Å². The number of halogens is 1. The average molecular weight is 304 g/mol. The first-order valence-corrected chi connectivity index (χ1v) is 7.41. The largest absolute Gasteiger partial charge is 0.479 e. The number of hydrogen-bond donors (Lipinski definition) is 1. The predicted octanol–water partition coefficient (Wildman–Crippen LogP) is 3.19. The van der Waals surface area contributed by atoms with E-state index in [1.807, 2.05) is 12.1 Å². The summed E-state index contributed by atoms with van der Waals surface area (Å²) in [7, 11) is 0. The highest BCUT2D eigenvalue weighted by molar-refractivity contribution is 6.32. The fraction of sp³-hybridized carbons (Fsp3) is 0.353. The summed E-state index contributed by atoms with van der Waals surface area (Å²) in [5.74, 6) is 6.53. The van der Waals surface area contributed by atoms with Crippen LogP contribution in [0.25, 0.3) is 0 Å². The third-order valence-electron chi connectivity index (χ3n) is 3.25. The van der Waals surface area contributed by atoms with Gasteiger partial charge in [0.05, 0.1) is 11.6 Å². The maximum Gasteiger partial charge on any atom is 0.224 e. The molecular formula is C17H18ClNO2. The Balaban J connectivity index is 1.66. The van der Waals surface area contributed by atoms with Crippen molar-refractivity contribution in [1.29, 1.82) is 0 Å². The zero-order chi connectivity index (χ0) is 14.9. The summed E-state index contributed by atoms with van der Waals surface area (Å²) in [6, 6.07) is 7.26. The maximum absolute atomic E-state index is 11.8. The first-order valence-electron chi connectivity index (χ1n) is 7.03. The Morgan fingerprint density at radius 1 is 1.33 bits per heavy atom. The van der Waals surface area contributed by atoms with Crippen molar-refractivity contribution in [2.45, 2.75) is 19.3 Å². The second-order valence-electron chi connectivity index (χ2n) is 4.77. The van der Waals surface area contributed by atoms with Crippen molar-refractivity contribution < 1.29 is 9.53 Å². The molecule has 0 bridgehead atoms. The van der Waals surface area contributed by atoms with Crippen LogP contribution in [0, 0.1) is 17.8 Å². The van der Waals surface area contributed by atoms with E-state index < -0.39 is 0 Å². The van der Waals surface area contributed by atoms with Crippen LogP contribution in [-0.4, -0.2) is 19.1 Å². The van der Waals surface area contributed by atoms with Crippen LogP contribution in [0.3, 0.4) is 0 Å². The van der Waals surface area contributed by atoms with E-state index in [0.717, 1.165) is 19.3 Å². The van der Waals surface area contributed by atoms with Crippen LogP contribution in [0.15, 0.2) is 36.4 Å². The monoisotopic (exact) mass is 303 g/mol. The van der Waals surface area contributed by atoms with Gasteiger partial charge in [-0.15, -0.1) is 0 Å². The van der Waals surface area contributed by atoms with Gasteiger partial charge in [-0.3, -0.25) is 4.79 Å². The molecule has 1 unspecified atom stereocenters. The van der Waals surface area contributed by atoms with Gasteiger partial charge in [-0.1, -0.05) is 47.7 Å². The maximum atomic E-state index is 11.8. The van der Waals surface area contributed by atoms with E-state index in [1.165, 1.54) is 0 Å². The fourth-order valence-corrected chi connectivity index (χ4v) is 2.29. The Labute approximate surface area is 130 Å². The number of ether oxygens (including phenoxy) is 1. The molecule has 0 heterocycles. The zero-order valence-electron chi connectivity index (χ0n) is 11.8. The van der Waals surface area contributed by atoms with Crippen LogP contribution in [-0.2, 0) is 4.79 Å². The lowest BCUT2D eigenvalue weighted by atomic mass is 9.94. The molecule has 1 amide bonds. The molecule has 0 spiro atoms. The molecule has 1 aromatic rings. The molecular weight excluding hydrogens is 286 g/mol. The molecule has 21 heavy (non-hydrogen) atoms. The van der Waals surface area contributed by atoms with Crippen molar-refractivity contribution in [2.24, 2.45) is 5.92 Å². The van der Waals surface area contributed by atoms with Crippen LogP contribution in [0.1, 0.15) is 19.3 Å². The van der Waals surface area contributed by atoms with Crippen molar-refractivity contribution in [3.63, 3.8) is 0 Å². The SMILES string of the molecule is O=C(NCC#CCOc1ccccc1Cl)C1CC=CCC1. The highest BCUT2D eigenvalue weighted by atomic mass is 35.5. The van der Waals surface area contributed by atoms with E-state index in [2.05, 4.69) is 29.3 Å².